The zero-order valence-electron chi connectivity index (χ0n) is 5.34. The van der Waals surface area contributed by atoms with Crippen molar-refractivity contribution in [3.05, 3.63) is 0 Å². The van der Waals surface area contributed by atoms with Gasteiger partial charge in [-0.2, -0.15) is 0 Å². The minimum Gasteiger partial charge on any atom is -0.339 e. The highest BCUT2D eigenvalue weighted by Gasteiger charge is 2.28. The molecule has 3 heteroatoms. The Bertz CT molecular complexity index is 138. The Morgan fingerprint density at radius 2 is 1.78 bits per heavy atom. The molecule has 3 fully saturated rings. The topological polar surface area (TPSA) is 23.6 Å². The minimum atomic E-state index is 0.313. The van der Waals surface area contributed by atoms with E-state index in [1.165, 1.54) is 0 Å². The summed E-state index contributed by atoms with van der Waals surface area (Å²) >= 11 is 0. The van der Waals surface area contributed by atoms with Crippen molar-refractivity contribution in [1.29, 1.82) is 0 Å². The monoisotopic (exact) mass is 126 g/mol. The van der Waals surface area contributed by atoms with Crippen LogP contribution in [0.1, 0.15) is 0 Å². The molecule has 0 aromatic heterocycles. The van der Waals surface area contributed by atoms with Crippen molar-refractivity contribution in [2.24, 2.45) is 0 Å². The number of hydrogen-bond acceptors (Lipinski definition) is 2. The van der Waals surface area contributed by atoms with Crippen LogP contribution < -0.4 is 0 Å². The van der Waals surface area contributed by atoms with E-state index in [0.717, 1.165) is 26.2 Å². The first-order valence-corrected chi connectivity index (χ1v) is 3.36. The lowest BCUT2D eigenvalue weighted by Gasteiger charge is -2.40. The molecule has 0 N–H and O–H groups in total. The van der Waals surface area contributed by atoms with Gasteiger partial charge >= 0.3 is 0 Å². The third-order valence-electron chi connectivity index (χ3n) is 2.08. The molecule has 0 atom stereocenters. The van der Waals surface area contributed by atoms with Gasteiger partial charge in [-0.3, -0.25) is 9.69 Å². The second-order valence-corrected chi connectivity index (χ2v) is 2.66. The standard InChI is InChI=1S/C6H10N2O/c9-6-5-7-1-3-8(6)4-2-7/h1-5H2. The van der Waals surface area contributed by atoms with Gasteiger partial charge in [0.2, 0.25) is 5.91 Å². The lowest BCUT2D eigenvalue weighted by atomic mass is 10.2. The fourth-order valence-electron chi connectivity index (χ4n) is 1.45. The number of fused-ring (bicyclic) bond motifs is 3. The predicted octanol–water partition coefficient (Wildman–Crippen LogP) is -0.856. The number of hydrogen-bond donors (Lipinski definition) is 0. The molecule has 3 aliphatic heterocycles. The molecule has 3 nitrogen and oxygen atoms in total. The summed E-state index contributed by atoms with van der Waals surface area (Å²) in [5.41, 5.74) is 0. The third-order valence-corrected chi connectivity index (χ3v) is 2.08. The van der Waals surface area contributed by atoms with Crippen LogP contribution in [0.25, 0.3) is 0 Å². The predicted molar refractivity (Wildman–Crippen MR) is 33.0 cm³/mol. The zero-order valence-corrected chi connectivity index (χ0v) is 5.34. The molecule has 1 amide bonds. The summed E-state index contributed by atoms with van der Waals surface area (Å²) in [6.45, 7) is 4.76. The van der Waals surface area contributed by atoms with E-state index in [1.807, 2.05) is 4.90 Å². The van der Waals surface area contributed by atoms with Crippen LogP contribution in [0.5, 0.6) is 0 Å². The Kier molecular flexibility index (Phi) is 0.990. The van der Waals surface area contributed by atoms with Gasteiger partial charge in [-0.15, -0.1) is 0 Å². The van der Waals surface area contributed by atoms with Crippen LogP contribution in [0.3, 0.4) is 0 Å². The van der Waals surface area contributed by atoms with E-state index < -0.39 is 0 Å². The van der Waals surface area contributed by atoms with Crippen molar-refractivity contribution in [2.45, 2.75) is 0 Å². The molecule has 50 valence electrons. The van der Waals surface area contributed by atoms with Gasteiger partial charge in [0, 0.05) is 26.2 Å². The molecular weight excluding hydrogens is 116 g/mol. The van der Waals surface area contributed by atoms with Crippen LogP contribution in [0, 0.1) is 0 Å². The minimum absolute atomic E-state index is 0.313. The van der Waals surface area contributed by atoms with E-state index in [2.05, 4.69) is 4.90 Å². The Labute approximate surface area is 54.2 Å². The quantitative estimate of drug-likeness (QED) is 0.422. The number of nitrogens with zero attached hydrogens (tertiary/aromatic N) is 2. The maximum atomic E-state index is 10.9. The highest BCUT2D eigenvalue weighted by molar-refractivity contribution is 5.79. The van der Waals surface area contributed by atoms with E-state index in [0.29, 0.717) is 12.5 Å². The summed E-state index contributed by atoms with van der Waals surface area (Å²) in [6.07, 6.45) is 0. The van der Waals surface area contributed by atoms with Gasteiger partial charge in [-0.1, -0.05) is 0 Å². The van der Waals surface area contributed by atoms with E-state index in [9.17, 15) is 4.79 Å². The summed E-state index contributed by atoms with van der Waals surface area (Å²) in [7, 11) is 0. The SMILES string of the molecule is O=C1CN2CCN1CC2. The van der Waals surface area contributed by atoms with Gasteiger partial charge in [0.05, 0.1) is 6.54 Å². The van der Waals surface area contributed by atoms with Crippen molar-refractivity contribution >= 4 is 5.91 Å². The van der Waals surface area contributed by atoms with Gasteiger partial charge in [0.25, 0.3) is 0 Å². The van der Waals surface area contributed by atoms with Crippen LogP contribution in [0.4, 0.5) is 0 Å². The molecule has 0 radical (unpaired) electrons. The number of carbonyl (C=O) groups excluding carboxylic acids is 1. The van der Waals surface area contributed by atoms with Crippen LogP contribution in [-0.2, 0) is 4.79 Å². The van der Waals surface area contributed by atoms with Gasteiger partial charge in [-0.25, -0.2) is 0 Å². The molecule has 0 saturated carbocycles. The fourth-order valence-corrected chi connectivity index (χ4v) is 1.45. The number of piperazine rings is 3. The summed E-state index contributed by atoms with van der Waals surface area (Å²) in [5.74, 6) is 0.313. The van der Waals surface area contributed by atoms with Crippen molar-refractivity contribution in [3.8, 4) is 0 Å². The Morgan fingerprint density at radius 3 is 2.00 bits per heavy atom. The summed E-state index contributed by atoms with van der Waals surface area (Å²) in [5, 5.41) is 0. The molecule has 3 heterocycles. The van der Waals surface area contributed by atoms with Crippen LogP contribution in [0.2, 0.25) is 0 Å². The average molecular weight is 126 g/mol. The van der Waals surface area contributed by atoms with Crippen LogP contribution >= 0.6 is 0 Å². The first kappa shape index (κ1) is 5.23. The maximum absolute atomic E-state index is 10.9. The maximum Gasteiger partial charge on any atom is 0.236 e. The Hall–Kier alpha value is -0.570. The Morgan fingerprint density at radius 1 is 1.11 bits per heavy atom. The molecule has 0 aromatic carbocycles. The lowest BCUT2D eigenvalue weighted by molar-refractivity contribution is -0.140. The third kappa shape index (κ3) is 0.721. The van der Waals surface area contributed by atoms with Crippen molar-refractivity contribution in [1.82, 2.24) is 9.80 Å². The molecule has 0 spiro atoms. The van der Waals surface area contributed by atoms with Gasteiger partial charge in [0.1, 0.15) is 0 Å². The summed E-state index contributed by atoms with van der Waals surface area (Å²) in [4.78, 5) is 15.1. The molecule has 2 bridgehead atoms. The number of rotatable bonds is 0. The first-order chi connectivity index (χ1) is 4.36. The Balaban J connectivity index is 2.15. The second kappa shape index (κ2) is 1.70. The molecule has 0 aromatic rings. The summed E-state index contributed by atoms with van der Waals surface area (Å²) < 4.78 is 0. The van der Waals surface area contributed by atoms with E-state index in [1.54, 1.807) is 0 Å². The molecule has 0 unspecified atom stereocenters. The van der Waals surface area contributed by atoms with Crippen molar-refractivity contribution < 1.29 is 4.79 Å². The van der Waals surface area contributed by atoms with Gasteiger partial charge in [-0.05, 0) is 0 Å². The van der Waals surface area contributed by atoms with Gasteiger partial charge in [0.15, 0.2) is 0 Å². The molecule has 9 heavy (non-hydrogen) atoms. The largest absolute Gasteiger partial charge is 0.339 e. The zero-order chi connectivity index (χ0) is 6.27. The molecule has 3 aliphatic rings. The number of carbonyl (C=O) groups is 1. The molecule has 3 saturated heterocycles. The highest BCUT2D eigenvalue weighted by atomic mass is 16.2. The fraction of sp³-hybridized carbons (Fsp3) is 0.833. The lowest BCUT2D eigenvalue weighted by Crippen LogP contribution is -2.58. The average Bonchev–Trinajstić information content (AvgIpc) is 1.90. The van der Waals surface area contributed by atoms with E-state index in [4.69, 9.17) is 0 Å². The molecule has 3 rings (SSSR count). The van der Waals surface area contributed by atoms with Gasteiger partial charge < -0.3 is 4.90 Å². The normalized spacial score (nSPS) is 27.6. The van der Waals surface area contributed by atoms with E-state index >= 15 is 0 Å². The summed E-state index contributed by atoms with van der Waals surface area (Å²) in [6, 6.07) is 0. The van der Waals surface area contributed by atoms with Crippen molar-refractivity contribution in [3.63, 3.8) is 0 Å². The molecule has 0 aliphatic carbocycles. The highest BCUT2D eigenvalue weighted by Crippen LogP contribution is 2.08. The van der Waals surface area contributed by atoms with Crippen LogP contribution in [0.15, 0.2) is 0 Å². The second-order valence-electron chi connectivity index (χ2n) is 2.66. The van der Waals surface area contributed by atoms with E-state index in [-0.39, 0.29) is 0 Å². The smallest absolute Gasteiger partial charge is 0.236 e. The van der Waals surface area contributed by atoms with Crippen LogP contribution in [-0.4, -0.2) is 48.4 Å². The number of amides is 1. The van der Waals surface area contributed by atoms with Crippen molar-refractivity contribution in [2.75, 3.05) is 32.7 Å². The first-order valence-electron chi connectivity index (χ1n) is 3.36. The molecular formula is C6H10N2O.